The minimum atomic E-state index is 1.31. The Morgan fingerprint density at radius 2 is 2.00 bits per heavy atom. The van der Waals surface area contributed by atoms with Crippen LogP contribution in [-0.2, 0) is 0 Å². The molecule has 1 fully saturated rings. The molecule has 2 rings (SSSR count). The quantitative estimate of drug-likeness (QED) is 0.593. The van der Waals surface area contributed by atoms with Crippen molar-refractivity contribution >= 4 is 11.8 Å². The molecular weight excluding hydrogens is 154 g/mol. The van der Waals surface area contributed by atoms with E-state index in [2.05, 4.69) is 10.3 Å². The molecule has 0 aromatic carbocycles. The third-order valence-electron chi connectivity index (χ3n) is 2.46. The van der Waals surface area contributed by atoms with Crippen LogP contribution in [0.4, 0.5) is 0 Å². The Hall–Kier alpha value is -0.110. The van der Waals surface area contributed by atoms with Crippen LogP contribution in [0.5, 0.6) is 0 Å². The highest BCUT2D eigenvalue weighted by Gasteiger charge is 2.15. The Kier molecular flexibility index (Phi) is 2.41. The zero-order chi connectivity index (χ0) is 7.52. The smallest absolute Gasteiger partial charge is 0.0205 e. The second kappa shape index (κ2) is 3.53. The van der Waals surface area contributed by atoms with Crippen LogP contribution in [0.25, 0.3) is 0 Å². The highest BCUT2D eigenvalue weighted by atomic mass is 32.2. The summed E-state index contributed by atoms with van der Waals surface area (Å²) in [4.78, 5) is 2.57. The number of likely N-dealkylation sites (tertiary alicyclic amines) is 1. The largest absolute Gasteiger partial charge is 0.374 e. The first-order valence-electron chi connectivity index (χ1n) is 4.52. The molecule has 2 aliphatic heterocycles. The first kappa shape index (κ1) is 7.53. The monoisotopic (exact) mass is 169 g/mol. The van der Waals surface area contributed by atoms with Crippen LogP contribution in [0.15, 0.2) is 11.1 Å². The molecule has 0 aliphatic carbocycles. The third-order valence-corrected chi connectivity index (χ3v) is 3.34. The van der Waals surface area contributed by atoms with Crippen molar-refractivity contribution in [3.63, 3.8) is 0 Å². The van der Waals surface area contributed by atoms with Gasteiger partial charge in [-0.3, -0.25) is 0 Å². The van der Waals surface area contributed by atoms with Crippen molar-refractivity contribution in [3.8, 4) is 0 Å². The molecule has 2 aliphatic rings. The average molecular weight is 169 g/mol. The lowest BCUT2D eigenvalue weighted by Crippen LogP contribution is -2.28. The molecule has 0 unspecified atom stereocenters. The highest BCUT2D eigenvalue weighted by Crippen LogP contribution is 2.26. The Labute approximate surface area is 72.8 Å². The van der Waals surface area contributed by atoms with Crippen molar-refractivity contribution < 1.29 is 0 Å². The normalized spacial score (nSPS) is 25.5. The van der Waals surface area contributed by atoms with Gasteiger partial charge >= 0.3 is 0 Å². The summed E-state index contributed by atoms with van der Waals surface area (Å²) in [5.41, 5.74) is 1.61. The van der Waals surface area contributed by atoms with E-state index in [0.29, 0.717) is 0 Å². The predicted molar refractivity (Wildman–Crippen MR) is 50.6 cm³/mol. The maximum Gasteiger partial charge on any atom is 0.0205 e. The molecular formula is C9H15NS. The number of piperidine rings is 1. The zero-order valence-electron chi connectivity index (χ0n) is 6.88. The Bertz CT molecular complexity index is 159. The van der Waals surface area contributed by atoms with Crippen LogP contribution in [0, 0.1) is 0 Å². The summed E-state index contributed by atoms with van der Waals surface area (Å²) >= 11 is 1.97. The molecule has 2 heterocycles. The highest BCUT2D eigenvalue weighted by molar-refractivity contribution is 8.02. The summed E-state index contributed by atoms with van der Waals surface area (Å²) in [6.45, 7) is 2.62. The van der Waals surface area contributed by atoms with Gasteiger partial charge in [-0.25, -0.2) is 0 Å². The SMILES string of the molecule is C1=C(N2CCCCC2)CCS1. The maximum absolute atomic E-state index is 2.57. The Morgan fingerprint density at radius 3 is 2.64 bits per heavy atom. The van der Waals surface area contributed by atoms with Crippen LogP contribution >= 0.6 is 11.8 Å². The van der Waals surface area contributed by atoms with E-state index in [4.69, 9.17) is 0 Å². The van der Waals surface area contributed by atoms with Gasteiger partial charge < -0.3 is 4.90 Å². The number of allylic oxidation sites excluding steroid dienone is 1. The molecule has 0 aromatic rings. The standard InChI is InChI=1S/C9H15NS/c1-2-5-10(6-3-1)9-4-7-11-8-9/h8H,1-7H2. The van der Waals surface area contributed by atoms with Crippen LogP contribution in [0.1, 0.15) is 25.7 Å². The lowest BCUT2D eigenvalue weighted by Gasteiger charge is -2.29. The van der Waals surface area contributed by atoms with Gasteiger partial charge in [0.1, 0.15) is 0 Å². The van der Waals surface area contributed by atoms with Crippen molar-refractivity contribution in [1.82, 2.24) is 4.90 Å². The first-order chi connectivity index (χ1) is 5.47. The van der Waals surface area contributed by atoms with E-state index in [0.717, 1.165) is 0 Å². The lowest BCUT2D eigenvalue weighted by molar-refractivity contribution is 0.281. The van der Waals surface area contributed by atoms with E-state index in [-0.39, 0.29) is 0 Å². The van der Waals surface area contributed by atoms with Crippen molar-refractivity contribution in [3.05, 3.63) is 11.1 Å². The predicted octanol–water partition coefficient (Wildman–Crippen LogP) is 2.45. The fraction of sp³-hybridized carbons (Fsp3) is 0.778. The molecule has 0 aromatic heterocycles. The van der Waals surface area contributed by atoms with Gasteiger partial charge in [-0.05, 0) is 31.1 Å². The van der Waals surface area contributed by atoms with E-state index in [1.165, 1.54) is 44.5 Å². The first-order valence-corrected chi connectivity index (χ1v) is 5.57. The van der Waals surface area contributed by atoms with Gasteiger partial charge in [0.25, 0.3) is 0 Å². The summed E-state index contributed by atoms with van der Waals surface area (Å²) in [5, 5.41) is 2.35. The lowest BCUT2D eigenvalue weighted by atomic mass is 10.1. The van der Waals surface area contributed by atoms with Crippen molar-refractivity contribution in [2.24, 2.45) is 0 Å². The summed E-state index contributed by atoms with van der Waals surface area (Å²) in [6, 6.07) is 0. The molecule has 0 radical (unpaired) electrons. The van der Waals surface area contributed by atoms with Gasteiger partial charge in [-0.15, -0.1) is 11.8 Å². The number of nitrogens with zero attached hydrogens (tertiary/aromatic N) is 1. The van der Waals surface area contributed by atoms with Crippen molar-refractivity contribution in [2.75, 3.05) is 18.8 Å². The van der Waals surface area contributed by atoms with Crippen molar-refractivity contribution in [1.29, 1.82) is 0 Å². The topological polar surface area (TPSA) is 3.24 Å². The van der Waals surface area contributed by atoms with E-state index >= 15 is 0 Å². The number of hydrogen-bond donors (Lipinski definition) is 0. The summed E-state index contributed by atoms with van der Waals surface area (Å²) in [7, 11) is 0. The van der Waals surface area contributed by atoms with Gasteiger partial charge in [0.15, 0.2) is 0 Å². The summed E-state index contributed by atoms with van der Waals surface area (Å²) in [6.07, 6.45) is 5.56. The molecule has 0 amide bonds. The fourth-order valence-corrected chi connectivity index (χ4v) is 2.70. The summed E-state index contributed by atoms with van der Waals surface area (Å²) in [5.74, 6) is 1.31. The van der Waals surface area contributed by atoms with Crippen LogP contribution in [0.3, 0.4) is 0 Å². The molecule has 0 N–H and O–H groups in total. The van der Waals surface area contributed by atoms with Gasteiger partial charge in [0.05, 0.1) is 0 Å². The minimum Gasteiger partial charge on any atom is -0.374 e. The van der Waals surface area contributed by atoms with E-state index in [9.17, 15) is 0 Å². The maximum atomic E-state index is 2.57. The van der Waals surface area contributed by atoms with E-state index < -0.39 is 0 Å². The van der Waals surface area contributed by atoms with E-state index in [1.54, 1.807) is 5.70 Å². The second-order valence-electron chi connectivity index (χ2n) is 3.28. The number of thioether (sulfide) groups is 1. The zero-order valence-corrected chi connectivity index (χ0v) is 7.70. The van der Waals surface area contributed by atoms with Crippen LogP contribution in [-0.4, -0.2) is 23.7 Å². The number of hydrogen-bond acceptors (Lipinski definition) is 2. The molecule has 0 spiro atoms. The molecule has 62 valence electrons. The van der Waals surface area contributed by atoms with Crippen LogP contribution in [0.2, 0.25) is 0 Å². The van der Waals surface area contributed by atoms with E-state index in [1.807, 2.05) is 11.8 Å². The van der Waals surface area contributed by atoms with Gasteiger partial charge in [-0.2, -0.15) is 0 Å². The molecule has 0 atom stereocenters. The molecule has 1 saturated heterocycles. The second-order valence-corrected chi connectivity index (χ2v) is 4.25. The molecule has 0 bridgehead atoms. The average Bonchev–Trinajstić information content (AvgIpc) is 2.58. The Morgan fingerprint density at radius 1 is 1.18 bits per heavy atom. The Balaban J connectivity index is 1.92. The fourth-order valence-electron chi connectivity index (χ4n) is 1.79. The van der Waals surface area contributed by atoms with Crippen molar-refractivity contribution in [2.45, 2.75) is 25.7 Å². The summed E-state index contributed by atoms with van der Waals surface area (Å²) < 4.78 is 0. The molecule has 1 nitrogen and oxygen atoms in total. The minimum absolute atomic E-state index is 1.31. The molecule has 11 heavy (non-hydrogen) atoms. The third kappa shape index (κ3) is 1.73. The van der Waals surface area contributed by atoms with Gasteiger partial charge in [-0.1, -0.05) is 0 Å². The molecule has 0 saturated carbocycles. The number of rotatable bonds is 1. The van der Waals surface area contributed by atoms with Gasteiger partial charge in [0, 0.05) is 24.5 Å². The van der Waals surface area contributed by atoms with Crippen LogP contribution < -0.4 is 0 Å². The van der Waals surface area contributed by atoms with Gasteiger partial charge in [0.2, 0.25) is 0 Å². The molecule has 2 heteroatoms.